The number of fused-ring (bicyclic) bond motifs is 1. The molecule has 2 rings (SSSR count). The Labute approximate surface area is 112 Å². The standard InChI is InChI=1S/C13H17BFNO3/c1-3-8(2)6-16-13(17)12-9-7-19-14(18)10(9)4-5-11(12)15/h4-5,8,18H,3,6-7H2,1-2H3,(H,16,17). The van der Waals surface area contributed by atoms with Crippen LogP contribution in [0.3, 0.4) is 0 Å². The number of carbonyl (C=O) groups excluding carboxylic acids is 1. The van der Waals surface area contributed by atoms with E-state index in [2.05, 4.69) is 5.32 Å². The lowest BCUT2D eigenvalue weighted by molar-refractivity contribution is 0.0941. The van der Waals surface area contributed by atoms with Crippen molar-refractivity contribution in [2.24, 2.45) is 5.92 Å². The summed E-state index contributed by atoms with van der Waals surface area (Å²) in [6.45, 7) is 4.60. The summed E-state index contributed by atoms with van der Waals surface area (Å²) >= 11 is 0. The zero-order valence-electron chi connectivity index (χ0n) is 11.1. The first-order chi connectivity index (χ1) is 9.04. The van der Waals surface area contributed by atoms with Crippen molar-refractivity contribution in [1.29, 1.82) is 0 Å². The van der Waals surface area contributed by atoms with Crippen molar-refractivity contribution in [3.63, 3.8) is 0 Å². The van der Waals surface area contributed by atoms with E-state index >= 15 is 0 Å². The molecule has 1 aromatic carbocycles. The highest BCUT2D eigenvalue weighted by Crippen LogP contribution is 2.18. The zero-order valence-corrected chi connectivity index (χ0v) is 11.1. The number of hydrogen-bond acceptors (Lipinski definition) is 3. The second-order valence-electron chi connectivity index (χ2n) is 4.88. The van der Waals surface area contributed by atoms with Crippen LogP contribution in [0.2, 0.25) is 0 Å². The predicted octanol–water partition coefficient (Wildman–Crippen LogP) is 0.819. The smallest absolute Gasteiger partial charge is 0.423 e. The van der Waals surface area contributed by atoms with Crippen LogP contribution in [0.1, 0.15) is 36.2 Å². The number of carbonyl (C=O) groups is 1. The number of halogens is 1. The first kappa shape index (κ1) is 14.0. The van der Waals surface area contributed by atoms with Crippen LogP contribution in [0, 0.1) is 11.7 Å². The fourth-order valence-corrected chi connectivity index (χ4v) is 2.02. The quantitative estimate of drug-likeness (QED) is 0.792. The predicted molar refractivity (Wildman–Crippen MR) is 70.6 cm³/mol. The SMILES string of the molecule is CCC(C)CNC(=O)c1c(F)ccc2c1COB2O. The van der Waals surface area contributed by atoms with Crippen LogP contribution in [-0.4, -0.2) is 24.6 Å². The monoisotopic (exact) mass is 265 g/mol. The molecule has 1 heterocycles. The molecule has 2 N–H and O–H groups in total. The van der Waals surface area contributed by atoms with Crippen molar-refractivity contribution in [3.8, 4) is 0 Å². The normalized spacial score (nSPS) is 15.3. The molecule has 0 aliphatic carbocycles. The van der Waals surface area contributed by atoms with Gasteiger partial charge in [0.05, 0.1) is 12.2 Å². The molecular weight excluding hydrogens is 248 g/mol. The zero-order chi connectivity index (χ0) is 14.0. The minimum absolute atomic E-state index is 0.0163. The lowest BCUT2D eigenvalue weighted by atomic mass is 9.78. The molecule has 0 radical (unpaired) electrons. The Bertz CT molecular complexity index is 495. The molecule has 0 aromatic heterocycles. The molecule has 0 bridgehead atoms. The Morgan fingerprint density at radius 1 is 1.63 bits per heavy atom. The molecule has 1 aliphatic heterocycles. The van der Waals surface area contributed by atoms with E-state index in [1.165, 1.54) is 12.1 Å². The first-order valence-electron chi connectivity index (χ1n) is 6.43. The molecule has 0 saturated carbocycles. The maximum Gasteiger partial charge on any atom is 0.491 e. The summed E-state index contributed by atoms with van der Waals surface area (Å²) in [6, 6.07) is 2.64. The van der Waals surface area contributed by atoms with Crippen LogP contribution in [0.25, 0.3) is 0 Å². The molecule has 19 heavy (non-hydrogen) atoms. The molecule has 4 nitrogen and oxygen atoms in total. The van der Waals surface area contributed by atoms with Crippen LogP contribution < -0.4 is 10.8 Å². The van der Waals surface area contributed by atoms with E-state index in [0.717, 1.165) is 6.42 Å². The summed E-state index contributed by atoms with van der Waals surface area (Å²) in [6.07, 6.45) is 0.942. The van der Waals surface area contributed by atoms with Gasteiger partial charge in [-0.2, -0.15) is 0 Å². The lowest BCUT2D eigenvalue weighted by Gasteiger charge is -2.12. The van der Waals surface area contributed by atoms with E-state index in [9.17, 15) is 14.2 Å². The van der Waals surface area contributed by atoms with E-state index < -0.39 is 18.8 Å². The van der Waals surface area contributed by atoms with Gasteiger partial charge in [0.25, 0.3) is 5.91 Å². The molecule has 1 aromatic rings. The minimum atomic E-state index is -1.07. The molecule has 0 saturated heterocycles. The van der Waals surface area contributed by atoms with Crippen LogP contribution >= 0.6 is 0 Å². The van der Waals surface area contributed by atoms with E-state index in [1.54, 1.807) is 0 Å². The summed E-state index contributed by atoms with van der Waals surface area (Å²) < 4.78 is 18.9. The fraction of sp³-hybridized carbons (Fsp3) is 0.462. The maximum atomic E-state index is 13.8. The largest absolute Gasteiger partial charge is 0.491 e. The molecular formula is C13H17BFNO3. The van der Waals surface area contributed by atoms with Crippen molar-refractivity contribution in [2.45, 2.75) is 26.9 Å². The summed E-state index contributed by atoms with van der Waals surface area (Å²) in [5.74, 6) is -0.698. The molecule has 0 spiro atoms. The Kier molecular flexibility index (Phi) is 4.22. The third-order valence-corrected chi connectivity index (χ3v) is 3.48. The van der Waals surface area contributed by atoms with E-state index in [0.29, 0.717) is 23.5 Å². The number of nitrogens with one attached hydrogen (secondary N) is 1. The average molecular weight is 265 g/mol. The van der Waals surface area contributed by atoms with Crippen LogP contribution in [0.5, 0.6) is 0 Å². The number of amides is 1. The molecule has 1 unspecified atom stereocenters. The van der Waals surface area contributed by atoms with Crippen molar-refractivity contribution in [3.05, 3.63) is 29.1 Å². The average Bonchev–Trinajstić information content (AvgIpc) is 2.77. The van der Waals surface area contributed by atoms with Crippen molar-refractivity contribution in [1.82, 2.24) is 5.32 Å². The highest BCUT2D eigenvalue weighted by atomic mass is 19.1. The van der Waals surface area contributed by atoms with Gasteiger partial charge in [0, 0.05) is 6.54 Å². The summed E-state index contributed by atoms with van der Waals surface area (Å²) in [5, 5.41) is 12.3. The number of hydrogen-bond donors (Lipinski definition) is 2. The van der Waals surface area contributed by atoms with Gasteiger partial charge in [-0.25, -0.2) is 4.39 Å². The summed E-state index contributed by atoms with van der Waals surface area (Å²) in [5.41, 5.74) is 0.890. The van der Waals surface area contributed by atoms with Gasteiger partial charge in [-0.05, 0) is 23.0 Å². The van der Waals surface area contributed by atoms with Gasteiger partial charge in [0.1, 0.15) is 5.82 Å². The maximum absolute atomic E-state index is 13.8. The van der Waals surface area contributed by atoms with Crippen molar-refractivity contribution in [2.75, 3.05) is 6.54 Å². The van der Waals surface area contributed by atoms with Gasteiger partial charge < -0.3 is 15.0 Å². The van der Waals surface area contributed by atoms with Gasteiger partial charge >= 0.3 is 7.12 Å². The Balaban J connectivity index is 2.22. The second-order valence-corrected chi connectivity index (χ2v) is 4.88. The molecule has 1 amide bonds. The molecule has 1 atom stereocenters. The van der Waals surface area contributed by atoms with Gasteiger partial charge in [-0.15, -0.1) is 0 Å². The molecule has 6 heteroatoms. The van der Waals surface area contributed by atoms with E-state index in [4.69, 9.17) is 4.65 Å². The summed E-state index contributed by atoms with van der Waals surface area (Å²) in [7, 11) is -1.07. The minimum Gasteiger partial charge on any atom is -0.423 e. The van der Waals surface area contributed by atoms with Gasteiger partial charge in [-0.1, -0.05) is 26.3 Å². The second kappa shape index (κ2) is 5.71. The molecule has 102 valence electrons. The van der Waals surface area contributed by atoms with Crippen molar-refractivity contribution < 1.29 is 18.9 Å². The fourth-order valence-electron chi connectivity index (χ4n) is 2.02. The number of benzene rings is 1. The van der Waals surface area contributed by atoms with Crippen LogP contribution in [0.15, 0.2) is 12.1 Å². The van der Waals surface area contributed by atoms with Crippen molar-refractivity contribution >= 4 is 18.5 Å². The number of rotatable bonds is 4. The highest BCUT2D eigenvalue weighted by Gasteiger charge is 2.32. The van der Waals surface area contributed by atoms with Crippen LogP contribution in [-0.2, 0) is 11.3 Å². The molecule has 1 aliphatic rings. The third kappa shape index (κ3) is 2.79. The van der Waals surface area contributed by atoms with Crippen LogP contribution in [0.4, 0.5) is 4.39 Å². The molecule has 0 fully saturated rings. The van der Waals surface area contributed by atoms with E-state index in [-0.39, 0.29) is 12.2 Å². The summed E-state index contributed by atoms with van der Waals surface area (Å²) in [4.78, 5) is 12.1. The Morgan fingerprint density at radius 2 is 2.37 bits per heavy atom. The van der Waals surface area contributed by atoms with E-state index in [1.807, 2.05) is 13.8 Å². The van der Waals surface area contributed by atoms with Gasteiger partial charge in [0.15, 0.2) is 0 Å². The van der Waals surface area contributed by atoms with Gasteiger partial charge in [-0.3, -0.25) is 4.79 Å². The highest BCUT2D eigenvalue weighted by molar-refractivity contribution is 6.61. The first-order valence-corrected chi connectivity index (χ1v) is 6.43. The van der Waals surface area contributed by atoms with Gasteiger partial charge in [0.2, 0.25) is 0 Å². The topological polar surface area (TPSA) is 58.6 Å². The third-order valence-electron chi connectivity index (χ3n) is 3.48. The Hall–Kier alpha value is -1.40. The lowest BCUT2D eigenvalue weighted by Crippen LogP contribution is -2.33. The Morgan fingerprint density at radius 3 is 3.05 bits per heavy atom.